The summed E-state index contributed by atoms with van der Waals surface area (Å²) < 4.78 is 2.55. The average Bonchev–Trinajstić information content (AvgIpc) is 2.43. The topological polar surface area (TPSA) is 12.0 Å². The summed E-state index contributed by atoms with van der Waals surface area (Å²) in [7, 11) is 0. The minimum Gasteiger partial charge on any atom is -0.309 e. The summed E-state index contributed by atoms with van der Waals surface area (Å²) in [5.41, 5.74) is 0. The quantitative estimate of drug-likeness (QED) is 0.831. The van der Waals surface area contributed by atoms with Crippen molar-refractivity contribution in [1.82, 2.24) is 5.32 Å². The molecule has 1 aliphatic heterocycles. The SMILES string of the molecule is Brc1ccc2sc([C@@H]3CCN3)cc2c1. The first-order valence-corrected chi connectivity index (χ1v) is 6.36. The van der Waals surface area contributed by atoms with Crippen LogP contribution < -0.4 is 5.32 Å². The molecule has 0 bridgehead atoms. The lowest BCUT2D eigenvalue weighted by molar-refractivity contribution is 0.389. The van der Waals surface area contributed by atoms with Crippen LogP contribution in [0.1, 0.15) is 17.3 Å². The summed E-state index contributed by atoms with van der Waals surface area (Å²) in [4.78, 5) is 1.48. The van der Waals surface area contributed by atoms with E-state index in [0.717, 1.165) is 4.47 Å². The van der Waals surface area contributed by atoms with Gasteiger partial charge in [-0.25, -0.2) is 0 Å². The van der Waals surface area contributed by atoms with E-state index in [4.69, 9.17) is 0 Å². The Morgan fingerprint density at radius 2 is 2.21 bits per heavy atom. The lowest BCUT2D eigenvalue weighted by atomic mass is 10.1. The van der Waals surface area contributed by atoms with E-state index in [2.05, 4.69) is 45.5 Å². The highest BCUT2D eigenvalue weighted by atomic mass is 79.9. The van der Waals surface area contributed by atoms with Crippen LogP contribution in [0.5, 0.6) is 0 Å². The van der Waals surface area contributed by atoms with Gasteiger partial charge >= 0.3 is 0 Å². The van der Waals surface area contributed by atoms with Crippen LogP contribution in [0.2, 0.25) is 0 Å². The van der Waals surface area contributed by atoms with E-state index >= 15 is 0 Å². The normalized spacial score (nSPS) is 21.1. The Bertz CT molecular complexity index is 473. The molecule has 0 spiro atoms. The first kappa shape index (κ1) is 8.89. The van der Waals surface area contributed by atoms with Gasteiger partial charge in [0.25, 0.3) is 0 Å². The van der Waals surface area contributed by atoms with Gasteiger partial charge < -0.3 is 5.32 Å². The van der Waals surface area contributed by atoms with Gasteiger partial charge in [0.2, 0.25) is 0 Å². The van der Waals surface area contributed by atoms with E-state index in [1.54, 1.807) is 0 Å². The Balaban J connectivity index is 2.10. The average molecular weight is 268 g/mol. The second kappa shape index (κ2) is 3.33. The van der Waals surface area contributed by atoms with Crippen molar-refractivity contribution >= 4 is 37.4 Å². The molecule has 1 aromatic heterocycles. The fraction of sp³-hybridized carbons (Fsp3) is 0.273. The summed E-state index contributed by atoms with van der Waals surface area (Å²) >= 11 is 5.41. The van der Waals surface area contributed by atoms with E-state index < -0.39 is 0 Å². The predicted molar refractivity (Wildman–Crippen MR) is 64.9 cm³/mol. The zero-order valence-corrected chi connectivity index (χ0v) is 9.99. The first-order chi connectivity index (χ1) is 6.83. The molecular formula is C11H10BrNS. The first-order valence-electron chi connectivity index (χ1n) is 4.75. The number of benzene rings is 1. The van der Waals surface area contributed by atoms with Gasteiger partial charge in [0.05, 0.1) is 0 Å². The second-order valence-corrected chi connectivity index (χ2v) is 5.66. The number of fused-ring (bicyclic) bond motifs is 1. The van der Waals surface area contributed by atoms with Crippen LogP contribution in [-0.4, -0.2) is 6.54 Å². The van der Waals surface area contributed by atoms with E-state index in [1.165, 1.54) is 27.9 Å². The van der Waals surface area contributed by atoms with Crippen LogP contribution in [0.4, 0.5) is 0 Å². The Labute approximate surface area is 95.3 Å². The van der Waals surface area contributed by atoms with Crippen LogP contribution >= 0.6 is 27.3 Å². The number of halogens is 1. The third kappa shape index (κ3) is 1.40. The largest absolute Gasteiger partial charge is 0.309 e. The number of thiophene rings is 1. The van der Waals surface area contributed by atoms with Crippen molar-refractivity contribution in [2.24, 2.45) is 0 Å². The van der Waals surface area contributed by atoms with Crippen molar-refractivity contribution in [3.8, 4) is 0 Å². The number of hydrogen-bond acceptors (Lipinski definition) is 2. The van der Waals surface area contributed by atoms with E-state index in [-0.39, 0.29) is 0 Å². The molecule has 1 saturated heterocycles. The van der Waals surface area contributed by atoms with Gasteiger partial charge in [0.15, 0.2) is 0 Å². The Hall–Kier alpha value is -0.380. The fourth-order valence-electron chi connectivity index (χ4n) is 1.74. The monoisotopic (exact) mass is 267 g/mol. The van der Waals surface area contributed by atoms with Gasteiger partial charge in [-0.2, -0.15) is 0 Å². The molecule has 1 N–H and O–H groups in total. The smallest absolute Gasteiger partial charge is 0.0427 e. The molecule has 3 heteroatoms. The zero-order chi connectivity index (χ0) is 9.54. The molecule has 1 atom stereocenters. The maximum atomic E-state index is 3.50. The van der Waals surface area contributed by atoms with Crippen molar-refractivity contribution in [3.05, 3.63) is 33.6 Å². The summed E-state index contributed by atoms with van der Waals surface area (Å²) in [5, 5.41) is 4.79. The van der Waals surface area contributed by atoms with Crippen LogP contribution in [0, 0.1) is 0 Å². The summed E-state index contributed by atoms with van der Waals surface area (Å²) in [5.74, 6) is 0. The Morgan fingerprint density at radius 3 is 2.93 bits per heavy atom. The highest BCUT2D eigenvalue weighted by Gasteiger charge is 2.20. The van der Waals surface area contributed by atoms with Crippen molar-refractivity contribution in [3.63, 3.8) is 0 Å². The molecule has 2 aromatic rings. The molecule has 3 rings (SSSR count). The molecule has 0 saturated carbocycles. The van der Waals surface area contributed by atoms with Gasteiger partial charge in [-0.1, -0.05) is 15.9 Å². The number of nitrogens with one attached hydrogen (secondary N) is 1. The molecule has 0 aliphatic carbocycles. The molecule has 0 radical (unpaired) electrons. The van der Waals surface area contributed by atoms with E-state index in [1.807, 2.05) is 11.3 Å². The molecule has 0 unspecified atom stereocenters. The third-order valence-electron chi connectivity index (χ3n) is 2.66. The van der Waals surface area contributed by atoms with Crippen LogP contribution in [0.15, 0.2) is 28.7 Å². The molecule has 72 valence electrons. The van der Waals surface area contributed by atoms with Gasteiger partial charge in [-0.05, 0) is 42.6 Å². The van der Waals surface area contributed by atoms with E-state index in [0.29, 0.717) is 6.04 Å². The molecule has 2 heterocycles. The molecule has 1 nitrogen and oxygen atoms in total. The van der Waals surface area contributed by atoms with Gasteiger partial charge in [0, 0.05) is 20.1 Å². The summed E-state index contributed by atoms with van der Waals surface area (Å²) in [6.45, 7) is 1.17. The van der Waals surface area contributed by atoms with Crippen molar-refractivity contribution in [1.29, 1.82) is 0 Å². The predicted octanol–water partition coefficient (Wildman–Crippen LogP) is 3.70. The van der Waals surface area contributed by atoms with Gasteiger partial charge in [-0.3, -0.25) is 0 Å². The van der Waals surface area contributed by atoms with Crippen molar-refractivity contribution in [2.75, 3.05) is 6.54 Å². The van der Waals surface area contributed by atoms with Gasteiger partial charge in [-0.15, -0.1) is 11.3 Å². The Morgan fingerprint density at radius 1 is 1.36 bits per heavy atom. The molecule has 1 aliphatic rings. The van der Waals surface area contributed by atoms with Crippen LogP contribution in [0.25, 0.3) is 10.1 Å². The summed E-state index contributed by atoms with van der Waals surface area (Å²) in [6, 6.07) is 9.41. The lowest BCUT2D eigenvalue weighted by Gasteiger charge is -2.26. The Kier molecular flexibility index (Phi) is 2.11. The van der Waals surface area contributed by atoms with Crippen LogP contribution in [0.3, 0.4) is 0 Å². The van der Waals surface area contributed by atoms with Crippen molar-refractivity contribution in [2.45, 2.75) is 12.5 Å². The summed E-state index contributed by atoms with van der Waals surface area (Å²) in [6.07, 6.45) is 1.29. The van der Waals surface area contributed by atoms with Gasteiger partial charge in [0.1, 0.15) is 0 Å². The fourth-order valence-corrected chi connectivity index (χ4v) is 3.27. The standard InChI is InChI=1S/C11H10BrNS/c12-8-1-2-10-7(5-8)6-11(14-10)9-3-4-13-9/h1-2,5-6,9,13H,3-4H2/t9-/m0/s1. The van der Waals surface area contributed by atoms with E-state index in [9.17, 15) is 0 Å². The number of rotatable bonds is 1. The molecule has 1 aromatic carbocycles. The minimum absolute atomic E-state index is 0.617. The molecule has 0 amide bonds. The molecular weight excluding hydrogens is 258 g/mol. The highest BCUT2D eigenvalue weighted by Crippen LogP contribution is 2.34. The maximum Gasteiger partial charge on any atom is 0.0427 e. The maximum absolute atomic E-state index is 3.50. The molecule has 1 fully saturated rings. The second-order valence-electron chi connectivity index (χ2n) is 3.63. The minimum atomic E-state index is 0.617. The highest BCUT2D eigenvalue weighted by molar-refractivity contribution is 9.10. The van der Waals surface area contributed by atoms with Crippen LogP contribution in [-0.2, 0) is 0 Å². The number of hydrogen-bond donors (Lipinski definition) is 1. The van der Waals surface area contributed by atoms with Crippen molar-refractivity contribution < 1.29 is 0 Å². The lowest BCUT2D eigenvalue weighted by Crippen LogP contribution is -2.34. The third-order valence-corrected chi connectivity index (χ3v) is 4.39. The molecule has 14 heavy (non-hydrogen) atoms. The zero-order valence-electron chi connectivity index (χ0n) is 7.59.